The molecule has 1 aliphatic rings. The predicted molar refractivity (Wildman–Crippen MR) is 81.0 cm³/mol. The third-order valence-corrected chi connectivity index (χ3v) is 4.87. The van der Waals surface area contributed by atoms with Crippen LogP contribution < -0.4 is 0 Å². The molecular formula is C16H13NO3S. The average Bonchev–Trinajstić information content (AvgIpc) is 3.11. The zero-order chi connectivity index (χ0) is 14.6. The molecule has 1 N–H and O–H groups in total. The van der Waals surface area contributed by atoms with Crippen LogP contribution >= 0.6 is 11.3 Å². The topological polar surface area (TPSA) is 63.3 Å². The highest BCUT2D eigenvalue weighted by Gasteiger charge is 2.33. The van der Waals surface area contributed by atoms with E-state index >= 15 is 0 Å². The van der Waals surface area contributed by atoms with Crippen LogP contribution in [0.2, 0.25) is 0 Å². The van der Waals surface area contributed by atoms with E-state index < -0.39 is 5.97 Å². The number of carbonyl (C=O) groups is 1. The lowest BCUT2D eigenvalue weighted by atomic mass is 10.1. The van der Waals surface area contributed by atoms with Gasteiger partial charge in [0.2, 0.25) is 0 Å². The van der Waals surface area contributed by atoms with Crippen LogP contribution in [0.4, 0.5) is 0 Å². The first kappa shape index (κ1) is 12.6. The van der Waals surface area contributed by atoms with Crippen molar-refractivity contribution in [3.8, 4) is 10.6 Å². The maximum Gasteiger partial charge on any atom is 0.347 e. The molecule has 0 radical (unpaired) electrons. The Labute approximate surface area is 125 Å². The van der Waals surface area contributed by atoms with Gasteiger partial charge in [-0.3, -0.25) is 0 Å². The van der Waals surface area contributed by atoms with E-state index in [-0.39, 0.29) is 0 Å². The first-order valence-corrected chi connectivity index (χ1v) is 7.69. The Kier molecular flexibility index (Phi) is 2.65. The second-order valence-corrected chi connectivity index (χ2v) is 6.34. The standard InChI is InChI=1S/C16H13NO3S/c1-8-12(10-4-2-3-5-11(10)20-8)15-17-13(9-6-7-9)14(21-15)16(18)19/h2-5,9H,6-7H2,1H3,(H,18,19). The molecule has 0 aliphatic heterocycles. The Morgan fingerprint density at radius 1 is 1.38 bits per heavy atom. The van der Waals surface area contributed by atoms with E-state index in [1.54, 1.807) is 0 Å². The monoisotopic (exact) mass is 299 g/mol. The first-order chi connectivity index (χ1) is 10.1. The number of aromatic carboxylic acids is 1. The van der Waals surface area contributed by atoms with Gasteiger partial charge in [-0.2, -0.15) is 0 Å². The third-order valence-electron chi connectivity index (χ3n) is 3.80. The predicted octanol–water partition coefficient (Wildman–Crippen LogP) is 4.44. The van der Waals surface area contributed by atoms with E-state index in [2.05, 4.69) is 4.98 Å². The Bertz CT molecular complexity index is 858. The van der Waals surface area contributed by atoms with Gasteiger partial charge in [-0.25, -0.2) is 9.78 Å². The summed E-state index contributed by atoms with van der Waals surface area (Å²) in [4.78, 5) is 16.4. The molecule has 5 heteroatoms. The summed E-state index contributed by atoms with van der Waals surface area (Å²) in [5, 5.41) is 11.1. The summed E-state index contributed by atoms with van der Waals surface area (Å²) in [6.07, 6.45) is 2.07. The van der Waals surface area contributed by atoms with E-state index in [0.717, 1.165) is 45.8 Å². The summed E-state index contributed by atoms with van der Waals surface area (Å²) in [6, 6.07) is 7.78. The molecule has 1 saturated carbocycles. The maximum absolute atomic E-state index is 11.4. The van der Waals surface area contributed by atoms with Crippen LogP contribution in [0.25, 0.3) is 21.5 Å². The highest BCUT2D eigenvalue weighted by molar-refractivity contribution is 7.17. The summed E-state index contributed by atoms with van der Waals surface area (Å²) in [5.41, 5.74) is 2.47. The van der Waals surface area contributed by atoms with Crippen LogP contribution in [0.5, 0.6) is 0 Å². The lowest BCUT2D eigenvalue weighted by Gasteiger charge is -1.94. The summed E-state index contributed by atoms with van der Waals surface area (Å²) in [5.74, 6) is 0.218. The number of carboxylic acids is 1. The van der Waals surface area contributed by atoms with Gasteiger partial charge < -0.3 is 9.52 Å². The van der Waals surface area contributed by atoms with Crippen molar-refractivity contribution in [1.29, 1.82) is 0 Å². The molecule has 0 unspecified atom stereocenters. The number of thiazole rings is 1. The Hall–Kier alpha value is -2.14. The van der Waals surface area contributed by atoms with Gasteiger partial charge in [-0.1, -0.05) is 18.2 Å². The molecule has 1 fully saturated rings. The number of aryl methyl sites for hydroxylation is 1. The number of para-hydroxylation sites is 1. The second-order valence-electron chi connectivity index (χ2n) is 5.34. The molecule has 2 heterocycles. The molecule has 1 aliphatic carbocycles. The molecule has 2 aromatic heterocycles. The molecule has 106 valence electrons. The number of carboxylic acid groups (broad SMARTS) is 1. The Morgan fingerprint density at radius 3 is 2.86 bits per heavy atom. The Morgan fingerprint density at radius 2 is 2.14 bits per heavy atom. The largest absolute Gasteiger partial charge is 0.477 e. The van der Waals surface area contributed by atoms with Crippen LogP contribution in [-0.4, -0.2) is 16.1 Å². The summed E-state index contributed by atoms with van der Waals surface area (Å²) in [7, 11) is 0. The van der Waals surface area contributed by atoms with Gasteiger partial charge in [0.15, 0.2) is 0 Å². The van der Waals surface area contributed by atoms with Gasteiger partial charge in [-0.15, -0.1) is 11.3 Å². The number of aromatic nitrogens is 1. The van der Waals surface area contributed by atoms with E-state index in [1.807, 2.05) is 31.2 Å². The molecule has 4 nitrogen and oxygen atoms in total. The van der Waals surface area contributed by atoms with Gasteiger partial charge in [0.1, 0.15) is 21.2 Å². The minimum Gasteiger partial charge on any atom is -0.477 e. The molecule has 0 spiro atoms. The van der Waals surface area contributed by atoms with Gasteiger partial charge in [0.25, 0.3) is 0 Å². The summed E-state index contributed by atoms with van der Waals surface area (Å²) >= 11 is 1.25. The molecule has 0 amide bonds. The number of hydrogen-bond donors (Lipinski definition) is 1. The first-order valence-electron chi connectivity index (χ1n) is 6.87. The Balaban J connectivity index is 1.94. The van der Waals surface area contributed by atoms with Crippen molar-refractivity contribution in [1.82, 2.24) is 4.98 Å². The van der Waals surface area contributed by atoms with Crippen LogP contribution in [0, 0.1) is 6.92 Å². The summed E-state index contributed by atoms with van der Waals surface area (Å²) in [6.45, 7) is 1.90. The smallest absolute Gasteiger partial charge is 0.347 e. The zero-order valence-electron chi connectivity index (χ0n) is 11.4. The van der Waals surface area contributed by atoms with Crippen LogP contribution in [0.1, 0.15) is 39.9 Å². The molecule has 0 atom stereocenters. The van der Waals surface area contributed by atoms with Gasteiger partial charge in [-0.05, 0) is 25.8 Å². The number of furan rings is 1. The fourth-order valence-corrected chi connectivity index (χ4v) is 3.76. The molecule has 21 heavy (non-hydrogen) atoms. The number of fused-ring (bicyclic) bond motifs is 1. The fraction of sp³-hybridized carbons (Fsp3) is 0.250. The quantitative estimate of drug-likeness (QED) is 0.776. The minimum atomic E-state index is -0.883. The minimum absolute atomic E-state index is 0.319. The SMILES string of the molecule is Cc1oc2ccccc2c1-c1nc(C2CC2)c(C(=O)O)s1. The van der Waals surface area contributed by atoms with Crippen molar-refractivity contribution < 1.29 is 14.3 Å². The normalized spacial score (nSPS) is 14.7. The van der Waals surface area contributed by atoms with Gasteiger partial charge in [0.05, 0.1) is 11.3 Å². The van der Waals surface area contributed by atoms with E-state index in [1.165, 1.54) is 11.3 Å². The van der Waals surface area contributed by atoms with E-state index in [4.69, 9.17) is 4.42 Å². The van der Waals surface area contributed by atoms with Crippen molar-refractivity contribution in [3.05, 3.63) is 40.6 Å². The second kappa shape index (κ2) is 4.43. The van der Waals surface area contributed by atoms with E-state index in [0.29, 0.717) is 10.8 Å². The van der Waals surface area contributed by atoms with Crippen molar-refractivity contribution in [2.24, 2.45) is 0 Å². The van der Waals surface area contributed by atoms with Crippen LogP contribution in [0.3, 0.4) is 0 Å². The van der Waals surface area contributed by atoms with Crippen molar-refractivity contribution >= 4 is 28.3 Å². The third kappa shape index (κ3) is 1.96. The molecule has 0 bridgehead atoms. The lowest BCUT2D eigenvalue weighted by molar-refractivity contribution is 0.0700. The van der Waals surface area contributed by atoms with Crippen LogP contribution in [-0.2, 0) is 0 Å². The highest BCUT2D eigenvalue weighted by Crippen LogP contribution is 2.45. The number of hydrogen-bond acceptors (Lipinski definition) is 4. The molecule has 1 aromatic carbocycles. The van der Waals surface area contributed by atoms with Crippen LogP contribution in [0.15, 0.2) is 28.7 Å². The van der Waals surface area contributed by atoms with Crippen molar-refractivity contribution in [3.63, 3.8) is 0 Å². The molecule has 4 rings (SSSR count). The lowest BCUT2D eigenvalue weighted by Crippen LogP contribution is -1.97. The fourth-order valence-electron chi connectivity index (χ4n) is 2.66. The average molecular weight is 299 g/mol. The maximum atomic E-state index is 11.4. The van der Waals surface area contributed by atoms with Crippen molar-refractivity contribution in [2.75, 3.05) is 0 Å². The molecule has 3 aromatic rings. The number of rotatable bonds is 3. The van der Waals surface area contributed by atoms with Crippen molar-refractivity contribution in [2.45, 2.75) is 25.7 Å². The molecule has 0 saturated heterocycles. The number of nitrogens with zero attached hydrogens (tertiary/aromatic N) is 1. The zero-order valence-corrected chi connectivity index (χ0v) is 12.2. The number of benzene rings is 1. The molecular weight excluding hydrogens is 286 g/mol. The highest BCUT2D eigenvalue weighted by atomic mass is 32.1. The van der Waals surface area contributed by atoms with Gasteiger partial charge >= 0.3 is 5.97 Å². The van der Waals surface area contributed by atoms with E-state index in [9.17, 15) is 9.90 Å². The summed E-state index contributed by atoms with van der Waals surface area (Å²) < 4.78 is 5.76. The van der Waals surface area contributed by atoms with Gasteiger partial charge in [0, 0.05) is 11.3 Å².